The van der Waals surface area contributed by atoms with E-state index in [1.165, 1.54) is 16.9 Å². The van der Waals surface area contributed by atoms with E-state index in [1.807, 2.05) is 6.07 Å². The molecule has 0 unspecified atom stereocenters. The maximum atomic E-state index is 12.4. The minimum Gasteiger partial charge on any atom is -0.394 e. The van der Waals surface area contributed by atoms with E-state index >= 15 is 0 Å². The molecule has 0 radical (unpaired) electrons. The highest BCUT2D eigenvalue weighted by molar-refractivity contribution is 7.92. The van der Waals surface area contributed by atoms with Gasteiger partial charge in [-0.3, -0.25) is 9.40 Å². The van der Waals surface area contributed by atoms with Crippen molar-refractivity contribution >= 4 is 21.5 Å². The number of anilines is 2. The molecule has 0 atom stereocenters. The van der Waals surface area contributed by atoms with Gasteiger partial charge in [0.2, 0.25) is 0 Å². The highest BCUT2D eigenvalue weighted by Crippen LogP contribution is 2.23. The number of aryl methyl sites for hydroxylation is 2. The summed E-state index contributed by atoms with van der Waals surface area (Å²) in [6, 6.07) is 6.38. The monoisotopic (exact) mass is 291 g/mol. The molecule has 0 saturated carbocycles. The van der Waals surface area contributed by atoms with E-state index in [1.54, 1.807) is 26.1 Å². The summed E-state index contributed by atoms with van der Waals surface area (Å²) in [5.74, 6) is 0.187. The second-order valence-electron chi connectivity index (χ2n) is 4.27. The number of hydrogen-bond donors (Lipinski definition) is 2. The molecule has 2 aromatic rings. The minimum atomic E-state index is -3.83. The van der Waals surface area contributed by atoms with Gasteiger partial charge in [0, 0.05) is 7.05 Å². The molecule has 8 heteroatoms. The fourth-order valence-corrected chi connectivity index (χ4v) is 3.11. The van der Waals surface area contributed by atoms with Crippen molar-refractivity contribution in [2.24, 2.45) is 7.05 Å². The molecule has 0 saturated heterocycles. The zero-order valence-electron chi connectivity index (χ0n) is 11.0. The summed E-state index contributed by atoms with van der Waals surface area (Å²) in [5.41, 5.74) is 6.70. The van der Waals surface area contributed by atoms with Crippen LogP contribution in [-0.2, 0) is 17.1 Å². The van der Waals surface area contributed by atoms with Gasteiger partial charge < -0.3 is 5.73 Å². The van der Waals surface area contributed by atoms with Crippen LogP contribution in [0.2, 0.25) is 0 Å². The maximum Gasteiger partial charge on any atom is 0.263 e. The number of aromatic nitrogens is 2. The van der Waals surface area contributed by atoms with Crippen LogP contribution in [0.5, 0.6) is 0 Å². The summed E-state index contributed by atoms with van der Waals surface area (Å²) in [6.07, 6.45) is 1.36. The number of hydrogen-bond acceptors (Lipinski definition) is 5. The molecule has 0 bridgehead atoms. The summed E-state index contributed by atoms with van der Waals surface area (Å²) in [6.45, 7) is 1.66. The van der Waals surface area contributed by atoms with Crippen LogP contribution in [0.25, 0.3) is 0 Å². The largest absolute Gasteiger partial charge is 0.394 e. The van der Waals surface area contributed by atoms with E-state index in [0.717, 1.165) is 0 Å². The third-order valence-electron chi connectivity index (χ3n) is 2.80. The highest BCUT2D eigenvalue weighted by atomic mass is 32.2. The standard InChI is InChI=1S/C12H13N5O2S/c1-8-3-4-9(6-13)5-11(8)20(18,19)16-12-10(14)7-15-17(12)2/h3-5,7,16H,14H2,1-2H3. The molecule has 20 heavy (non-hydrogen) atoms. The van der Waals surface area contributed by atoms with Crippen molar-refractivity contribution in [2.75, 3.05) is 10.5 Å². The summed E-state index contributed by atoms with van der Waals surface area (Å²) >= 11 is 0. The first-order valence-electron chi connectivity index (χ1n) is 5.66. The second kappa shape index (κ2) is 4.86. The number of nitrogens with one attached hydrogen (secondary N) is 1. The Bertz CT molecular complexity index is 782. The normalized spacial score (nSPS) is 11.1. The molecule has 3 N–H and O–H groups in total. The number of sulfonamides is 1. The minimum absolute atomic E-state index is 0.0390. The first-order chi connectivity index (χ1) is 9.35. The van der Waals surface area contributed by atoms with Crippen LogP contribution in [0.15, 0.2) is 29.3 Å². The molecule has 0 amide bonds. The Morgan fingerprint density at radius 2 is 2.15 bits per heavy atom. The van der Waals surface area contributed by atoms with Gasteiger partial charge in [0.25, 0.3) is 10.0 Å². The first kappa shape index (κ1) is 13.9. The average molecular weight is 291 g/mol. The van der Waals surface area contributed by atoms with E-state index < -0.39 is 10.0 Å². The van der Waals surface area contributed by atoms with Crippen LogP contribution >= 0.6 is 0 Å². The molecule has 0 spiro atoms. The fraction of sp³-hybridized carbons (Fsp3) is 0.167. The third-order valence-corrected chi connectivity index (χ3v) is 4.29. The molecule has 7 nitrogen and oxygen atoms in total. The Kier molecular flexibility index (Phi) is 3.38. The lowest BCUT2D eigenvalue weighted by Gasteiger charge is -2.11. The zero-order valence-corrected chi connectivity index (χ0v) is 11.8. The third kappa shape index (κ3) is 2.44. The average Bonchev–Trinajstić information content (AvgIpc) is 2.70. The van der Waals surface area contributed by atoms with Crippen molar-refractivity contribution in [3.8, 4) is 6.07 Å². The summed E-state index contributed by atoms with van der Waals surface area (Å²) in [5, 5.41) is 12.7. The van der Waals surface area contributed by atoms with Gasteiger partial charge in [-0.25, -0.2) is 8.42 Å². The van der Waals surface area contributed by atoms with Crippen LogP contribution in [0.3, 0.4) is 0 Å². The predicted molar refractivity (Wildman–Crippen MR) is 74.3 cm³/mol. The first-order valence-corrected chi connectivity index (χ1v) is 7.14. The number of nitrogens with zero attached hydrogens (tertiary/aromatic N) is 3. The van der Waals surface area contributed by atoms with E-state index in [2.05, 4.69) is 9.82 Å². The predicted octanol–water partition coefficient (Wildman–Crippen LogP) is 0.983. The number of nitrogens with two attached hydrogens (primary N) is 1. The molecule has 0 aliphatic heterocycles. The molecule has 0 aliphatic rings. The summed E-state index contributed by atoms with van der Waals surface area (Å²) in [7, 11) is -2.26. The zero-order chi connectivity index (χ0) is 14.9. The number of nitriles is 1. The van der Waals surface area contributed by atoms with Gasteiger partial charge in [-0.2, -0.15) is 10.4 Å². The fourth-order valence-electron chi connectivity index (χ4n) is 1.72. The van der Waals surface area contributed by atoms with Crippen LogP contribution in [0.4, 0.5) is 11.5 Å². The summed E-state index contributed by atoms with van der Waals surface area (Å²) in [4.78, 5) is 0.0390. The quantitative estimate of drug-likeness (QED) is 0.875. The molecule has 0 aliphatic carbocycles. The van der Waals surface area contributed by atoms with Crippen molar-refractivity contribution in [1.82, 2.24) is 9.78 Å². The lowest BCUT2D eigenvalue weighted by Crippen LogP contribution is -2.17. The van der Waals surface area contributed by atoms with Gasteiger partial charge in [0.15, 0.2) is 5.82 Å². The van der Waals surface area contributed by atoms with E-state index in [-0.39, 0.29) is 22.0 Å². The lowest BCUT2D eigenvalue weighted by atomic mass is 10.2. The van der Waals surface area contributed by atoms with E-state index in [4.69, 9.17) is 11.0 Å². The van der Waals surface area contributed by atoms with Gasteiger partial charge in [-0.05, 0) is 24.6 Å². The molecule has 1 aromatic carbocycles. The topological polar surface area (TPSA) is 114 Å². The second-order valence-corrected chi connectivity index (χ2v) is 5.92. The molecular weight excluding hydrogens is 278 g/mol. The Morgan fingerprint density at radius 1 is 1.45 bits per heavy atom. The molecule has 104 valence electrons. The molecule has 2 rings (SSSR count). The van der Waals surface area contributed by atoms with Crippen molar-refractivity contribution in [2.45, 2.75) is 11.8 Å². The summed E-state index contributed by atoms with van der Waals surface area (Å²) < 4.78 is 28.5. The number of benzene rings is 1. The van der Waals surface area contributed by atoms with Crippen molar-refractivity contribution < 1.29 is 8.42 Å². The molecule has 0 fully saturated rings. The van der Waals surface area contributed by atoms with Gasteiger partial charge in [0.05, 0.1) is 28.4 Å². The van der Waals surface area contributed by atoms with Gasteiger partial charge in [-0.1, -0.05) is 6.07 Å². The lowest BCUT2D eigenvalue weighted by molar-refractivity contribution is 0.599. The van der Waals surface area contributed by atoms with Crippen molar-refractivity contribution in [1.29, 1.82) is 5.26 Å². The maximum absolute atomic E-state index is 12.4. The van der Waals surface area contributed by atoms with Gasteiger partial charge in [0.1, 0.15) is 0 Å². The van der Waals surface area contributed by atoms with Crippen LogP contribution in [0, 0.1) is 18.3 Å². The highest BCUT2D eigenvalue weighted by Gasteiger charge is 2.20. The Balaban J connectivity index is 2.49. The Labute approximate surface area is 116 Å². The smallest absolute Gasteiger partial charge is 0.263 e. The van der Waals surface area contributed by atoms with Crippen molar-refractivity contribution in [3.05, 3.63) is 35.5 Å². The van der Waals surface area contributed by atoms with Gasteiger partial charge >= 0.3 is 0 Å². The van der Waals surface area contributed by atoms with E-state index in [9.17, 15) is 8.42 Å². The Morgan fingerprint density at radius 3 is 2.70 bits per heavy atom. The number of nitrogen functional groups attached to an aromatic ring is 1. The van der Waals surface area contributed by atoms with Crippen LogP contribution in [0.1, 0.15) is 11.1 Å². The van der Waals surface area contributed by atoms with Crippen LogP contribution < -0.4 is 10.5 Å². The molecule has 1 heterocycles. The molecular formula is C12H13N5O2S. The van der Waals surface area contributed by atoms with Crippen molar-refractivity contribution in [3.63, 3.8) is 0 Å². The SMILES string of the molecule is Cc1ccc(C#N)cc1S(=O)(=O)Nc1c(N)cnn1C. The van der Waals surface area contributed by atoms with Crippen LogP contribution in [-0.4, -0.2) is 18.2 Å². The molecule has 1 aromatic heterocycles. The van der Waals surface area contributed by atoms with Gasteiger partial charge in [-0.15, -0.1) is 0 Å². The van der Waals surface area contributed by atoms with E-state index in [0.29, 0.717) is 5.56 Å². The number of rotatable bonds is 3. The Hall–Kier alpha value is -2.53.